The van der Waals surface area contributed by atoms with Crippen LogP contribution < -0.4 is 10.8 Å². The van der Waals surface area contributed by atoms with Crippen LogP contribution in [0.4, 0.5) is 0 Å². The average Bonchev–Trinajstić information content (AvgIpc) is 3.00. The molecule has 0 bridgehead atoms. The summed E-state index contributed by atoms with van der Waals surface area (Å²) in [6, 6.07) is 5.97. The van der Waals surface area contributed by atoms with Gasteiger partial charge >= 0.3 is 7.12 Å². The standard InChI is InChI=1S/C17H22BN3O3S/c1-11-8-12(9-19-21-15-20-14(22)10-25-15)6-7-13(11)18-23-16(2,3)17(4,5)24-18/h6-9H,10H2,1-5H3,(H,20,21,22). The Morgan fingerprint density at radius 1 is 1.24 bits per heavy atom. The molecule has 8 heteroatoms. The van der Waals surface area contributed by atoms with E-state index in [2.05, 4.69) is 15.5 Å². The number of nitrogens with zero attached hydrogens (tertiary/aromatic N) is 2. The third-order valence-corrected chi connectivity index (χ3v) is 5.61. The summed E-state index contributed by atoms with van der Waals surface area (Å²) in [6.07, 6.45) is 1.67. The maximum atomic E-state index is 11.1. The second-order valence-corrected chi connectivity index (χ2v) is 8.15. The summed E-state index contributed by atoms with van der Waals surface area (Å²) in [4.78, 5) is 11.1. The summed E-state index contributed by atoms with van der Waals surface area (Å²) in [5, 5.41) is 11.2. The number of aryl methyl sites for hydroxylation is 1. The highest BCUT2D eigenvalue weighted by molar-refractivity contribution is 8.15. The molecule has 0 spiro atoms. The minimum atomic E-state index is -0.374. The summed E-state index contributed by atoms with van der Waals surface area (Å²) < 4.78 is 12.2. The lowest BCUT2D eigenvalue weighted by atomic mass is 9.76. The number of hydrogen-bond donors (Lipinski definition) is 1. The van der Waals surface area contributed by atoms with E-state index in [4.69, 9.17) is 9.31 Å². The highest BCUT2D eigenvalue weighted by atomic mass is 32.2. The van der Waals surface area contributed by atoms with E-state index < -0.39 is 0 Å². The summed E-state index contributed by atoms with van der Waals surface area (Å²) in [7, 11) is -0.374. The predicted molar refractivity (Wildman–Crippen MR) is 103 cm³/mol. The second kappa shape index (κ2) is 6.59. The molecule has 6 nitrogen and oxygen atoms in total. The molecule has 2 fully saturated rings. The van der Waals surface area contributed by atoms with Gasteiger partial charge in [-0.15, -0.1) is 5.10 Å². The van der Waals surface area contributed by atoms with Gasteiger partial charge in [0.25, 0.3) is 0 Å². The number of carbonyl (C=O) groups excluding carboxylic acids is 1. The van der Waals surface area contributed by atoms with Crippen molar-refractivity contribution in [2.24, 2.45) is 10.2 Å². The number of rotatable bonds is 3. The molecule has 1 amide bonds. The first kappa shape index (κ1) is 18.2. The number of carbonyl (C=O) groups is 1. The van der Waals surface area contributed by atoms with Gasteiger partial charge in [0.15, 0.2) is 5.17 Å². The van der Waals surface area contributed by atoms with E-state index in [0.717, 1.165) is 16.6 Å². The number of benzene rings is 1. The van der Waals surface area contributed by atoms with Gasteiger partial charge < -0.3 is 14.6 Å². The van der Waals surface area contributed by atoms with Gasteiger partial charge in [-0.25, -0.2) is 0 Å². The summed E-state index contributed by atoms with van der Waals surface area (Å²) in [6.45, 7) is 10.2. The summed E-state index contributed by atoms with van der Waals surface area (Å²) in [5.74, 6) is 0.359. The van der Waals surface area contributed by atoms with E-state index in [1.807, 2.05) is 52.8 Å². The molecule has 1 aromatic carbocycles. The Balaban J connectivity index is 1.73. The van der Waals surface area contributed by atoms with E-state index in [0.29, 0.717) is 10.9 Å². The lowest BCUT2D eigenvalue weighted by Gasteiger charge is -2.32. The van der Waals surface area contributed by atoms with Crippen LogP contribution in [0, 0.1) is 6.92 Å². The van der Waals surface area contributed by atoms with Gasteiger partial charge in [-0.1, -0.05) is 35.5 Å². The molecule has 132 valence electrons. The first-order valence-electron chi connectivity index (χ1n) is 8.18. The normalized spacial score (nSPS) is 23.6. The maximum Gasteiger partial charge on any atom is 0.495 e. The molecule has 25 heavy (non-hydrogen) atoms. The topological polar surface area (TPSA) is 72.3 Å². The number of nitrogens with one attached hydrogen (secondary N) is 1. The Bertz CT molecular complexity index is 746. The molecule has 3 rings (SSSR count). The van der Waals surface area contributed by atoms with Crippen LogP contribution in [0.2, 0.25) is 0 Å². The van der Waals surface area contributed by atoms with Gasteiger partial charge in [-0.05, 0) is 45.6 Å². The number of amidine groups is 1. The van der Waals surface area contributed by atoms with Crippen molar-refractivity contribution in [3.63, 3.8) is 0 Å². The monoisotopic (exact) mass is 359 g/mol. The van der Waals surface area contributed by atoms with E-state index in [1.54, 1.807) is 6.21 Å². The smallest absolute Gasteiger partial charge is 0.399 e. The highest BCUT2D eigenvalue weighted by Crippen LogP contribution is 2.36. The lowest BCUT2D eigenvalue weighted by molar-refractivity contribution is -0.116. The molecule has 2 aliphatic rings. The number of thioether (sulfide) groups is 1. The predicted octanol–water partition coefficient (Wildman–Crippen LogP) is 1.85. The molecule has 0 unspecified atom stereocenters. The Morgan fingerprint density at radius 2 is 1.92 bits per heavy atom. The Morgan fingerprint density at radius 3 is 2.48 bits per heavy atom. The fourth-order valence-electron chi connectivity index (χ4n) is 2.54. The van der Waals surface area contributed by atoms with Crippen molar-refractivity contribution in [2.75, 3.05) is 5.75 Å². The van der Waals surface area contributed by atoms with Crippen molar-refractivity contribution < 1.29 is 14.1 Å². The molecule has 2 heterocycles. The highest BCUT2D eigenvalue weighted by Gasteiger charge is 2.51. The van der Waals surface area contributed by atoms with Crippen molar-refractivity contribution >= 4 is 41.6 Å². The molecule has 1 N–H and O–H groups in total. The van der Waals surface area contributed by atoms with Gasteiger partial charge in [0, 0.05) is 0 Å². The van der Waals surface area contributed by atoms with E-state index in [1.165, 1.54) is 11.8 Å². The SMILES string of the molecule is Cc1cc(C=NN=C2NC(=O)CS2)ccc1B1OC(C)(C)C(C)(C)O1. The molecule has 2 saturated heterocycles. The summed E-state index contributed by atoms with van der Waals surface area (Å²) >= 11 is 1.35. The minimum absolute atomic E-state index is 0.0402. The Hall–Kier alpha value is -1.64. The van der Waals surface area contributed by atoms with Crippen LogP contribution >= 0.6 is 11.8 Å². The minimum Gasteiger partial charge on any atom is -0.399 e. The number of amides is 1. The van der Waals surface area contributed by atoms with Gasteiger partial charge in [0.2, 0.25) is 5.91 Å². The van der Waals surface area contributed by atoms with E-state index >= 15 is 0 Å². The largest absolute Gasteiger partial charge is 0.495 e. The molecule has 0 radical (unpaired) electrons. The molecule has 0 aliphatic carbocycles. The fourth-order valence-corrected chi connectivity index (χ4v) is 3.17. The molecule has 0 saturated carbocycles. The van der Waals surface area contributed by atoms with Crippen LogP contribution in [0.5, 0.6) is 0 Å². The zero-order valence-electron chi connectivity index (χ0n) is 15.1. The van der Waals surface area contributed by atoms with Crippen molar-refractivity contribution in [1.29, 1.82) is 0 Å². The van der Waals surface area contributed by atoms with Crippen LogP contribution in [0.1, 0.15) is 38.8 Å². The van der Waals surface area contributed by atoms with Crippen molar-refractivity contribution in [2.45, 2.75) is 45.8 Å². The molecule has 2 aliphatic heterocycles. The van der Waals surface area contributed by atoms with Crippen LogP contribution in [-0.2, 0) is 14.1 Å². The Labute approximate surface area is 152 Å². The first-order chi connectivity index (χ1) is 11.7. The average molecular weight is 359 g/mol. The quantitative estimate of drug-likeness (QED) is 0.508. The van der Waals surface area contributed by atoms with Crippen LogP contribution in [0.15, 0.2) is 28.4 Å². The third kappa shape index (κ3) is 3.81. The van der Waals surface area contributed by atoms with E-state index in [9.17, 15) is 4.79 Å². The third-order valence-electron chi connectivity index (χ3n) is 4.74. The van der Waals surface area contributed by atoms with Crippen molar-refractivity contribution in [3.05, 3.63) is 29.3 Å². The molecule has 1 aromatic rings. The van der Waals surface area contributed by atoms with Gasteiger partial charge in [0.05, 0.1) is 23.2 Å². The second-order valence-electron chi connectivity index (χ2n) is 7.19. The number of hydrogen-bond acceptors (Lipinski definition) is 6. The van der Waals surface area contributed by atoms with Gasteiger partial charge in [-0.3, -0.25) is 4.79 Å². The van der Waals surface area contributed by atoms with Crippen molar-refractivity contribution in [3.8, 4) is 0 Å². The molecule has 0 aromatic heterocycles. The zero-order chi connectivity index (χ0) is 18.2. The maximum absolute atomic E-state index is 11.1. The van der Waals surface area contributed by atoms with Crippen molar-refractivity contribution in [1.82, 2.24) is 5.32 Å². The Kier molecular flexibility index (Phi) is 4.79. The zero-order valence-corrected chi connectivity index (χ0v) is 15.9. The van der Waals surface area contributed by atoms with Crippen LogP contribution in [0.25, 0.3) is 0 Å². The fraction of sp³-hybridized carbons (Fsp3) is 0.471. The molecule has 0 atom stereocenters. The van der Waals surface area contributed by atoms with Gasteiger partial charge in [0.1, 0.15) is 0 Å². The van der Waals surface area contributed by atoms with E-state index in [-0.39, 0.29) is 24.2 Å². The van der Waals surface area contributed by atoms with Crippen LogP contribution in [-0.4, -0.2) is 41.4 Å². The van der Waals surface area contributed by atoms with Crippen LogP contribution in [0.3, 0.4) is 0 Å². The lowest BCUT2D eigenvalue weighted by Crippen LogP contribution is -2.41. The van der Waals surface area contributed by atoms with Gasteiger partial charge in [-0.2, -0.15) is 5.10 Å². The molecular weight excluding hydrogens is 337 g/mol. The first-order valence-corrected chi connectivity index (χ1v) is 9.16. The molecular formula is C17H22BN3O3S. The summed E-state index contributed by atoms with van der Waals surface area (Å²) in [5.41, 5.74) is 2.30.